The number of carbonyl (C=O) groups is 1. The number of para-hydroxylation sites is 4. The molecular weight excluding hydrogens is 478 g/mol. The van der Waals surface area contributed by atoms with Gasteiger partial charge in [0, 0.05) is 18.9 Å². The normalized spacial score (nSPS) is 15.2. The molecule has 1 aromatic heterocycles. The van der Waals surface area contributed by atoms with Gasteiger partial charge in [0.25, 0.3) is 0 Å². The van der Waals surface area contributed by atoms with Gasteiger partial charge in [-0.15, -0.1) is 6.58 Å². The Morgan fingerprint density at radius 2 is 1.84 bits per heavy atom. The minimum atomic E-state index is -0.0442. The fourth-order valence-electron chi connectivity index (χ4n) is 5.08. The molecule has 4 aromatic rings. The van der Waals surface area contributed by atoms with Crippen molar-refractivity contribution in [2.45, 2.75) is 32.2 Å². The van der Waals surface area contributed by atoms with Crippen LogP contribution in [0.1, 0.15) is 30.7 Å². The van der Waals surface area contributed by atoms with Crippen LogP contribution in [0.5, 0.6) is 17.2 Å². The second kappa shape index (κ2) is 11.4. The molecule has 0 spiro atoms. The number of methoxy groups -OCH3 is 1. The summed E-state index contributed by atoms with van der Waals surface area (Å²) < 4.78 is 19.7. The fraction of sp³-hybridized carbons (Fsp3) is 0.290. The molecule has 0 radical (unpaired) electrons. The maximum atomic E-state index is 13.2. The van der Waals surface area contributed by atoms with E-state index in [1.54, 1.807) is 7.11 Å². The average molecular weight is 512 g/mol. The number of allylic oxidation sites excluding steroid dienone is 1. The number of amides is 1. The van der Waals surface area contributed by atoms with E-state index < -0.39 is 0 Å². The number of carbonyl (C=O) groups excluding carboxylic acids is 1. The molecule has 7 heteroatoms. The molecule has 0 aliphatic carbocycles. The van der Waals surface area contributed by atoms with Crippen LogP contribution in [-0.2, 0) is 17.8 Å². The van der Waals surface area contributed by atoms with Gasteiger partial charge in [-0.05, 0) is 55.3 Å². The van der Waals surface area contributed by atoms with Crippen LogP contribution >= 0.6 is 0 Å². The lowest BCUT2D eigenvalue weighted by Gasteiger charge is -2.20. The highest BCUT2D eigenvalue weighted by molar-refractivity contribution is 5.97. The lowest BCUT2D eigenvalue weighted by atomic mass is 10.1. The first-order valence-electron chi connectivity index (χ1n) is 13.0. The summed E-state index contributed by atoms with van der Waals surface area (Å²) in [6.45, 7) is 7.86. The summed E-state index contributed by atoms with van der Waals surface area (Å²) in [5.41, 5.74) is 3.86. The van der Waals surface area contributed by atoms with E-state index in [-0.39, 0.29) is 11.8 Å². The van der Waals surface area contributed by atoms with Crippen molar-refractivity contribution in [2.75, 3.05) is 31.8 Å². The van der Waals surface area contributed by atoms with Crippen LogP contribution in [0.25, 0.3) is 11.0 Å². The summed E-state index contributed by atoms with van der Waals surface area (Å²) in [6.07, 6.45) is 3.03. The van der Waals surface area contributed by atoms with Gasteiger partial charge in [0.2, 0.25) is 5.91 Å². The van der Waals surface area contributed by atoms with Gasteiger partial charge in [-0.1, -0.05) is 36.4 Å². The molecule has 2 heterocycles. The van der Waals surface area contributed by atoms with Crippen molar-refractivity contribution in [3.05, 3.63) is 90.8 Å². The molecule has 3 aromatic carbocycles. The number of fused-ring (bicyclic) bond motifs is 1. The van der Waals surface area contributed by atoms with E-state index in [1.165, 1.54) is 0 Å². The number of aromatic nitrogens is 2. The van der Waals surface area contributed by atoms with Crippen LogP contribution in [0.2, 0.25) is 0 Å². The Labute approximate surface area is 223 Å². The molecule has 0 bridgehead atoms. The van der Waals surface area contributed by atoms with E-state index in [4.69, 9.17) is 19.2 Å². The van der Waals surface area contributed by atoms with Crippen LogP contribution in [0, 0.1) is 0 Å². The third kappa shape index (κ3) is 5.09. The van der Waals surface area contributed by atoms with Gasteiger partial charge in [-0.2, -0.15) is 0 Å². The summed E-state index contributed by atoms with van der Waals surface area (Å²) in [5.74, 6) is 3.04. The van der Waals surface area contributed by atoms with Gasteiger partial charge in [0.1, 0.15) is 18.2 Å². The van der Waals surface area contributed by atoms with Gasteiger partial charge in [-0.25, -0.2) is 4.98 Å². The van der Waals surface area contributed by atoms with Crippen LogP contribution in [0.3, 0.4) is 0 Å². The molecule has 1 unspecified atom stereocenters. The molecule has 1 aliphatic rings. The van der Waals surface area contributed by atoms with Crippen molar-refractivity contribution < 1.29 is 19.0 Å². The molecule has 1 aliphatic heterocycles. The van der Waals surface area contributed by atoms with Gasteiger partial charge >= 0.3 is 0 Å². The zero-order valence-electron chi connectivity index (χ0n) is 21.9. The topological polar surface area (TPSA) is 65.8 Å². The SMILES string of the molecule is C=CCc1ccc(OCCn2c(C3CC(=O)N(c4ccccc4OCC)C3)nc3ccccc32)c(OC)c1. The monoisotopic (exact) mass is 511 g/mol. The molecule has 1 saturated heterocycles. The number of nitrogens with zero attached hydrogens (tertiary/aromatic N) is 3. The quantitative estimate of drug-likeness (QED) is 0.239. The first kappa shape index (κ1) is 25.4. The molecular formula is C31H33N3O4. The summed E-state index contributed by atoms with van der Waals surface area (Å²) in [5, 5.41) is 0. The number of hydrogen-bond acceptors (Lipinski definition) is 5. The van der Waals surface area contributed by atoms with Gasteiger partial charge in [-0.3, -0.25) is 4.79 Å². The maximum Gasteiger partial charge on any atom is 0.227 e. The molecule has 0 N–H and O–H groups in total. The zero-order valence-corrected chi connectivity index (χ0v) is 21.9. The highest BCUT2D eigenvalue weighted by Crippen LogP contribution is 2.37. The van der Waals surface area contributed by atoms with Crippen LogP contribution in [0.15, 0.2) is 79.4 Å². The summed E-state index contributed by atoms with van der Waals surface area (Å²) >= 11 is 0. The van der Waals surface area contributed by atoms with E-state index in [0.717, 1.165) is 40.3 Å². The molecule has 7 nitrogen and oxygen atoms in total. The van der Waals surface area contributed by atoms with Crippen molar-refractivity contribution in [1.82, 2.24) is 9.55 Å². The Morgan fingerprint density at radius 1 is 1.03 bits per heavy atom. The Morgan fingerprint density at radius 3 is 2.66 bits per heavy atom. The lowest BCUT2D eigenvalue weighted by molar-refractivity contribution is -0.117. The van der Waals surface area contributed by atoms with Crippen LogP contribution in [0.4, 0.5) is 5.69 Å². The van der Waals surface area contributed by atoms with E-state index in [2.05, 4.69) is 17.2 Å². The average Bonchev–Trinajstić information content (AvgIpc) is 3.50. The number of ether oxygens (including phenoxy) is 3. The summed E-state index contributed by atoms with van der Waals surface area (Å²) in [4.78, 5) is 20.0. The van der Waals surface area contributed by atoms with Crippen molar-refractivity contribution in [1.29, 1.82) is 0 Å². The predicted molar refractivity (Wildman–Crippen MR) is 149 cm³/mol. The maximum absolute atomic E-state index is 13.2. The Hall–Kier alpha value is -4.26. The standard InChI is InChI=1S/C31H33N3O4/c1-4-10-22-15-16-28(29(19-22)36-3)38-18-17-33-25-12-7-6-11-24(25)32-31(33)23-20-30(35)34(21-23)26-13-8-9-14-27(26)37-5-2/h4,6-9,11-16,19,23H,1,5,10,17-18,20-21H2,2-3H3. The third-order valence-corrected chi connectivity index (χ3v) is 6.81. The zero-order chi connectivity index (χ0) is 26.5. The largest absolute Gasteiger partial charge is 0.493 e. The van der Waals surface area contributed by atoms with E-state index in [0.29, 0.717) is 44.2 Å². The van der Waals surface area contributed by atoms with Crippen molar-refractivity contribution in [3.8, 4) is 17.2 Å². The molecule has 1 amide bonds. The van der Waals surface area contributed by atoms with E-state index in [9.17, 15) is 4.79 Å². The first-order valence-corrected chi connectivity index (χ1v) is 13.0. The van der Waals surface area contributed by atoms with E-state index >= 15 is 0 Å². The smallest absolute Gasteiger partial charge is 0.227 e. The number of anilines is 1. The summed E-state index contributed by atoms with van der Waals surface area (Å²) in [7, 11) is 1.65. The van der Waals surface area contributed by atoms with Gasteiger partial charge in [0.15, 0.2) is 11.5 Å². The molecule has 196 valence electrons. The van der Waals surface area contributed by atoms with Crippen molar-refractivity contribution in [2.24, 2.45) is 0 Å². The summed E-state index contributed by atoms with van der Waals surface area (Å²) in [6, 6.07) is 21.7. The highest BCUT2D eigenvalue weighted by atomic mass is 16.5. The third-order valence-electron chi connectivity index (χ3n) is 6.81. The number of rotatable bonds is 11. The fourth-order valence-corrected chi connectivity index (χ4v) is 5.08. The van der Waals surface area contributed by atoms with Crippen molar-refractivity contribution >= 4 is 22.6 Å². The molecule has 38 heavy (non-hydrogen) atoms. The second-order valence-corrected chi connectivity index (χ2v) is 9.24. The minimum absolute atomic E-state index is 0.0442. The predicted octanol–water partition coefficient (Wildman–Crippen LogP) is 5.77. The number of benzene rings is 3. The van der Waals surface area contributed by atoms with Crippen molar-refractivity contribution in [3.63, 3.8) is 0 Å². The Balaban J connectivity index is 1.38. The Kier molecular flexibility index (Phi) is 7.63. The molecule has 1 fully saturated rings. The highest BCUT2D eigenvalue weighted by Gasteiger charge is 2.36. The van der Waals surface area contributed by atoms with Gasteiger partial charge < -0.3 is 23.7 Å². The number of imidazole rings is 1. The lowest BCUT2D eigenvalue weighted by Crippen LogP contribution is -2.25. The number of hydrogen-bond donors (Lipinski definition) is 0. The Bertz CT molecular complexity index is 1440. The minimum Gasteiger partial charge on any atom is -0.493 e. The van der Waals surface area contributed by atoms with Gasteiger partial charge in [0.05, 0.1) is 37.0 Å². The van der Waals surface area contributed by atoms with Crippen LogP contribution < -0.4 is 19.1 Å². The first-order chi connectivity index (χ1) is 18.6. The molecule has 0 saturated carbocycles. The molecule has 5 rings (SSSR count). The van der Waals surface area contributed by atoms with E-state index in [1.807, 2.05) is 78.6 Å². The second-order valence-electron chi connectivity index (χ2n) is 9.24. The molecule has 1 atom stereocenters. The van der Waals surface area contributed by atoms with Crippen LogP contribution in [-0.4, -0.2) is 42.3 Å².